The van der Waals surface area contributed by atoms with Gasteiger partial charge in [-0.2, -0.15) is 0 Å². The number of halogens is 2. The maximum atomic E-state index is 3.06. The average Bonchev–Trinajstić information content (AvgIpc) is 3.67. The van der Waals surface area contributed by atoms with E-state index in [1.54, 1.807) is 0 Å². The van der Waals surface area contributed by atoms with E-state index < -0.39 is 0 Å². The van der Waals surface area contributed by atoms with Crippen LogP contribution in [0.4, 0.5) is 0 Å². The van der Waals surface area contributed by atoms with E-state index in [0.717, 1.165) is 0 Å². The Morgan fingerprint density at radius 1 is 0.375 bits per heavy atom. The zero-order chi connectivity index (χ0) is 35.9. The Labute approximate surface area is 361 Å². The van der Waals surface area contributed by atoms with Gasteiger partial charge in [-0.05, 0) is 81.2 Å². The van der Waals surface area contributed by atoms with E-state index in [2.05, 4.69) is 192 Å². The van der Waals surface area contributed by atoms with Crippen LogP contribution >= 0.6 is 0 Å². The predicted molar refractivity (Wildman–Crippen MR) is 238 cm³/mol. The van der Waals surface area contributed by atoms with E-state index in [9.17, 15) is 0 Å². The van der Waals surface area contributed by atoms with Gasteiger partial charge in [-0.1, -0.05) is 121 Å². The molecule has 0 N–H and O–H groups in total. The Morgan fingerprint density at radius 3 is 1.09 bits per heavy atom. The van der Waals surface area contributed by atoms with Crippen molar-refractivity contribution in [3.8, 4) is 22.3 Å². The van der Waals surface area contributed by atoms with Crippen LogP contribution in [0.15, 0.2) is 158 Å². The van der Waals surface area contributed by atoms with Gasteiger partial charge in [-0.15, -0.1) is 92.3 Å². The van der Waals surface area contributed by atoms with Gasteiger partial charge in [-0.3, -0.25) is 0 Å². The summed E-state index contributed by atoms with van der Waals surface area (Å²) in [7, 11) is 0. The normalized spacial score (nSPS) is 10.5. The molecule has 0 aliphatic carbocycles. The summed E-state index contributed by atoms with van der Waals surface area (Å²) in [5.74, 6) is 0. The monoisotopic (exact) mass is 856 g/mol. The SMILES string of the molecule is Cc1ccc2[cH-]c(C)c(-c3cccc4cc5ccccc5cc34)c2c1.Cc1ccc2[cH-]c(C)c(-c3cccc4cc5ccccc5cc34)c2c1.[CH3-].[CH3-].[Cl-].[Cl-].[Si]=[Zr+2]. The molecular weight excluding hydrogens is 815 g/mol. The molecule has 4 heteroatoms. The van der Waals surface area contributed by atoms with Crippen molar-refractivity contribution < 1.29 is 48.1 Å². The summed E-state index contributed by atoms with van der Waals surface area (Å²) in [6.45, 7) is 11.9. The summed E-state index contributed by atoms with van der Waals surface area (Å²) in [5.41, 5.74) is 10.7. The molecule has 10 rings (SSSR count). The molecule has 0 unspecified atom stereocenters. The molecule has 0 aromatic heterocycles. The van der Waals surface area contributed by atoms with E-state index in [0.29, 0.717) is 0 Å². The zero-order valence-corrected chi connectivity index (χ0v) is 37.7. The molecule has 0 nitrogen and oxygen atoms in total. The second-order valence-electron chi connectivity index (χ2n) is 14.0. The molecule has 10 aromatic rings. The zero-order valence-electron chi connectivity index (χ0n) is 32.8. The standard InChI is InChI=1S/2C25H19.2CH3.2ClH.Si.Zr/c2*1-16-10-11-21-13-17(2)25(24(21)12-16)22-9-5-8-20-14-18-6-3-4-7-19(18)15-23(20)22;;;;;;/h2*3-15H,1-2H3;2*1H3;2*1H;;/q4*-1;;;;+2/p-2. The summed E-state index contributed by atoms with van der Waals surface area (Å²) in [6.07, 6.45) is 0. The van der Waals surface area contributed by atoms with Crippen LogP contribution in [0, 0.1) is 42.5 Å². The molecule has 0 heterocycles. The van der Waals surface area contributed by atoms with Crippen molar-refractivity contribution in [3.05, 3.63) is 195 Å². The van der Waals surface area contributed by atoms with Gasteiger partial charge in [0.2, 0.25) is 0 Å². The third kappa shape index (κ3) is 8.23. The number of aryl methyl sites for hydroxylation is 4. The summed E-state index contributed by atoms with van der Waals surface area (Å²) in [6, 6.07) is 58.0. The van der Waals surface area contributed by atoms with E-state index >= 15 is 0 Å². The minimum atomic E-state index is 0. The Hall–Kier alpha value is -4.30. The van der Waals surface area contributed by atoms with Gasteiger partial charge in [-0.25, -0.2) is 0 Å². The van der Waals surface area contributed by atoms with E-state index in [-0.39, 0.29) is 39.7 Å². The molecule has 278 valence electrons. The molecule has 0 aliphatic rings. The average molecular weight is 859 g/mol. The van der Waals surface area contributed by atoms with E-state index in [1.807, 2.05) is 0 Å². The van der Waals surface area contributed by atoms with E-state index in [1.165, 1.54) is 132 Å². The van der Waals surface area contributed by atoms with Crippen molar-refractivity contribution in [2.24, 2.45) is 0 Å². The van der Waals surface area contributed by atoms with Crippen LogP contribution in [-0.2, 0) is 23.3 Å². The Balaban J connectivity index is 0.000000223. The molecule has 0 atom stereocenters. The Kier molecular flexibility index (Phi) is 14.9. The van der Waals surface area contributed by atoms with Gasteiger partial charge in [0.1, 0.15) is 0 Å². The van der Waals surface area contributed by atoms with Crippen molar-refractivity contribution in [1.29, 1.82) is 0 Å². The second-order valence-corrected chi connectivity index (χ2v) is 14.0. The van der Waals surface area contributed by atoms with Gasteiger partial charge < -0.3 is 39.7 Å². The van der Waals surface area contributed by atoms with Gasteiger partial charge >= 0.3 is 30.2 Å². The predicted octanol–water partition coefficient (Wildman–Crippen LogP) is 8.82. The van der Waals surface area contributed by atoms with Gasteiger partial charge in [0, 0.05) is 0 Å². The van der Waals surface area contributed by atoms with Crippen LogP contribution in [0.3, 0.4) is 0 Å². The van der Waals surface area contributed by atoms with Crippen LogP contribution < -0.4 is 24.8 Å². The maximum absolute atomic E-state index is 3.06. The fourth-order valence-corrected chi connectivity index (χ4v) is 8.15. The Bertz CT molecular complexity index is 2750. The molecule has 0 saturated carbocycles. The first-order chi connectivity index (χ1) is 25.4. The van der Waals surface area contributed by atoms with Crippen molar-refractivity contribution in [3.63, 3.8) is 0 Å². The molecule has 0 spiro atoms. The summed E-state index contributed by atoms with van der Waals surface area (Å²) < 4.78 is 0. The molecule has 0 bridgehead atoms. The van der Waals surface area contributed by atoms with Crippen LogP contribution in [-0.4, -0.2) is 6.88 Å². The molecule has 0 fully saturated rings. The van der Waals surface area contributed by atoms with Crippen LogP contribution in [0.25, 0.3) is 86.9 Å². The Morgan fingerprint density at radius 2 is 0.714 bits per heavy atom. The number of rotatable bonds is 2. The molecule has 2 radical (unpaired) electrons. The van der Waals surface area contributed by atoms with Gasteiger partial charge in [0.05, 0.1) is 0 Å². The summed E-state index contributed by atoms with van der Waals surface area (Å²) in [4.78, 5) is 0. The summed E-state index contributed by atoms with van der Waals surface area (Å²) >= 11 is 1.36. The number of fused-ring (bicyclic) bond motifs is 6. The van der Waals surface area contributed by atoms with Crippen LogP contribution in [0.1, 0.15) is 22.3 Å². The van der Waals surface area contributed by atoms with Gasteiger partial charge in [0.25, 0.3) is 0 Å². The topological polar surface area (TPSA) is 0 Å². The first kappa shape index (κ1) is 44.4. The third-order valence-electron chi connectivity index (χ3n) is 10.5. The fourth-order valence-electron chi connectivity index (χ4n) is 8.15. The minimum absolute atomic E-state index is 0. The second kappa shape index (κ2) is 18.8. The van der Waals surface area contributed by atoms with Crippen molar-refractivity contribution in [2.45, 2.75) is 27.7 Å². The molecule has 0 aliphatic heterocycles. The van der Waals surface area contributed by atoms with Crippen LogP contribution in [0.2, 0.25) is 0 Å². The molecular formula is C52H44Cl2SiZr-4. The quantitative estimate of drug-likeness (QED) is 0.0927. The number of benzene rings is 8. The van der Waals surface area contributed by atoms with Crippen molar-refractivity contribution in [1.82, 2.24) is 0 Å². The van der Waals surface area contributed by atoms with E-state index in [4.69, 9.17) is 0 Å². The fraction of sp³-hybridized carbons (Fsp3) is 0.0769. The number of hydrogen-bond donors (Lipinski definition) is 0. The third-order valence-corrected chi connectivity index (χ3v) is 10.5. The van der Waals surface area contributed by atoms with Crippen molar-refractivity contribution in [2.75, 3.05) is 0 Å². The first-order valence-electron chi connectivity index (χ1n) is 17.8. The van der Waals surface area contributed by atoms with Crippen LogP contribution in [0.5, 0.6) is 0 Å². The summed E-state index contributed by atoms with van der Waals surface area (Å²) in [5, 5.41) is 15.8. The molecule has 56 heavy (non-hydrogen) atoms. The first-order valence-corrected chi connectivity index (χ1v) is 22.0. The van der Waals surface area contributed by atoms with Crippen molar-refractivity contribution >= 4 is 71.5 Å². The molecule has 0 saturated heterocycles. The van der Waals surface area contributed by atoms with Gasteiger partial charge in [0.15, 0.2) is 0 Å². The number of hydrogen-bond acceptors (Lipinski definition) is 0. The molecule has 0 amide bonds. The molecule has 10 aromatic carbocycles.